The van der Waals surface area contributed by atoms with Crippen LogP contribution in [0.4, 0.5) is 0 Å². The summed E-state index contributed by atoms with van der Waals surface area (Å²) in [6, 6.07) is 0.691. The minimum Gasteiger partial charge on any atom is -0.390 e. The fourth-order valence-electron chi connectivity index (χ4n) is 4.51. The van der Waals surface area contributed by atoms with E-state index < -0.39 is 5.60 Å². The molecule has 3 heteroatoms. The molecule has 1 spiro atoms. The van der Waals surface area contributed by atoms with Gasteiger partial charge in [0.1, 0.15) is 0 Å². The summed E-state index contributed by atoms with van der Waals surface area (Å²) in [5.41, 5.74) is -0.238. The number of hydrogen-bond acceptors (Lipinski definition) is 3. The van der Waals surface area contributed by atoms with Crippen molar-refractivity contribution >= 4 is 0 Å². The van der Waals surface area contributed by atoms with Gasteiger partial charge in [0.15, 0.2) is 0 Å². The molecular formula is C17H31NO2. The van der Waals surface area contributed by atoms with Gasteiger partial charge in [-0.2, -0.15) is 0 Å². The van der Waals surface area contributed by atoms with Crippen molar-refractivity contribution in [3.05, 3.63) is 0 Å². The molecular weight excluding hydrogens is 250 g/mol. The molecule has 0 aromatic carbocycles. The number of hydrogen-bond donors (Lipinski definition) is 1. The Bertz CT molecular complexity index is 317. The van der Waals surface area contributed by atoms with Crippen molar-refractivity contribution in [3.8, 4) is 0 Å². The average Bonchev–Trinajstić information content (AvgIpc) is 2.61. The highest BCUT2D eigenvalue weighted by atomic mass is 16.5. The second kappa shape index (κ2) is 5.94. The third-order valence-corrected chi connectivity index (χ3v) is 5.85. The fraction of sp³-hybridized carbons (Fsp3) is 1.00. The SMILES string of the molecule is CC1(O)CCCN(C2CCOC3(CCCCC3)C2)CC1. The summed E-state index contributed by atoms with van der Waals surface area (Å²) in [7, 11) is 0. The zero-order valence-electron chi connectivity index (χ0n) is 13.1. The van der Waals surface area contributed by atoms with Crippen LogP contribution in [-0.2, 0) is 4.74 Å². The molecule has 2 atom stereocenters. The van der Waals surface area contributed by atoms with Gasteiger partial charge in [0.25, 0.3) is 0 Å². The highest BCUT2D eigenvalue weighted by Gasteiger charge is 2.40. The standard InChI is InChI=1S/C17H31NO2/c1-16(19)7-5-11-18(12-10-16)15-6-13-20-17(14-15)8-3-2-4-9-17/h15,19H,2-14H2,1H3. The molecule has 0 radical (unpaired) electrons. The summed E-state index contributed by atoms with van der Waals surface area (Å²) in [4.78, 5) is 2.65. The monoisotopic (exact) mass is 281 g/mol. The molecule has 3 aliphatic rings. The van der Waals surface area contributed by atoms with E-state index in [0.717, 1.165) is 39.0 Å². The van der Waals surface area contributed by atoms with Gasteiger partial charge in [-0.15, -0.1) is 0 Å². The lowest BCUT2D eigenvalue weighted by Gasteiger charge is -2.46. The minimum atomic E-state index is -0.442. The first kappa shape index (κ1) is 14.8. The van der Waals surface area contributed by atoms with Gasteiger partial charge in [0, 0.05) is 19.2 Å². The number of ether oxygens (including phenoxy) is 1. The molecule has 3 nitrogen and oxygen atoms in total. The van der Waals surface area contributed by atoms with Gasteiger partial charge in [-0.1, -0.05) is 19.3 Å². The summed E-state index contributed by atoms with van der Waals surface area (Å²) >= 11 is 0. The van der Waals surface area contributed by atoms with Crippen LogP contribution in [0.5, 0.6) is 0 Å². The van der Waals surface area contributed by atoms with Crippen LogP contribution in [-0.4, -0.2) is 46.9 Å². The third-order valence-electron chi connectivity index (χ3n) is 5.85. The van der Waals surface area contributed by atoms with Crippen LogP contribution in [0.2, 0.25) is 0 Å². The molecule has 0 aromatic heterocycles. The molecule has 3 rings (SSSR count). The van der Waals surface area contributed by atoms with E-state index in [1.54, 1.807) is 0 Å². The van der Waals surface area contributed by atoms with E-state index in [9.17, 15) is 5.11 Å². The van der Waals surface area contributed by atoms with Gasteiger partial charge < -0.3 is 14.7 Å². The van der Waals surface area contributed by atoms with Crippen LogP contribution in [0.15, 0.2) is 0 Å². The van der Waals surface area contributed by atoms with Crippen molar-refractivity contribution in [3.63, 3.8) is 0 Å². The number of rotatable bonds is 1. The highest BCUT2D eigenvalue weighted by molar-refractivity contribution is 4.94. The van der Waals surface area contributed by atoms with E-state index in [-0.39, 0.29) is 5.60 Å². The van der Waals surface area contributed by atoms with Gasteiger partial charge in [0.2, 0.25) is 0 Å². The molecule has 1 saturated carbocycles. The molecule has 2 heterocycles. The van der Waals surface area contributed by atoms with Gasteiger partial charge in [-0.3, -0.25) is 0 Å². The quantitative estimate of drug-likeness (QED) is 0.801. The van der Waals surface area contributed by atoms with Gasteiger partial charge in [-0.05, 0) is 58.4 Å². The molecule has 1 N–H and O–H groups in total. The van der Waals surface area contributed by atoms with Crippen molar-refractivity contribution in [2.24, 2.45) is 0 Å². The predicted molar refractivity (Wildman–Crippen MR) is 80.8 cm³/mol. The molecule has 0 amide bonds. The molecule has 2 saturated heterocycles. The Morgan fingerprint density at radius 1 is 1.00 bits per heavy atom. The van der Waals surface area contributed by atoms with Crippen LogP contribution >= 0.6 is 0 Å². The second-order valence-electron chi connectivity index (χ2n) is 7.63. The molecule has 1 aliphatic carbocycles. The topological polar surface area (TPSA) is 32.7 Å². The lowest BCUT2D eigenvalue weighted by atomic mass is 9.78. The first-order chi connectivity index (χ1) is 9.59. The van der Waals surface area contributed by atoms with Crippen LogP contribution in [0.3, 0.4) is 0 Å². The van der Waals surface area contributed by atoms with Crippen LogP contribution in [0.1, 0.15) is 71.1 Å². The zero-order valence-corrected chi connectivity index (χ0v) is 13.1. The summed E-state index contributed by atoms with van der Waals surface area (Å²) in [6.07, 6.45) is 12.1. The normalized spacial score (nSPS) is 39.6. The molecule has 3 fully saturated rings. The first-order valence-electron chi connectivity index (χ1n) is 8.69. The molecule has 0 aromatic rings. The first-order valence-corrected chi connectivity index (χ1v) is 8.69. The maximum absolute atomic E-state index is 10.3. The van der Waals surface area contributed by atoms with Crippen LogP contribution in [0.25, 0.3) is 0 Å². The van der Waals surface area contributed by atoms with E-state index in [0.29, 0.717) is 6.04 Å². The van der Waals surface area contributed by atoms with Crippen molar-refractivity contribution < 1.29 is 9.84 Å². The Balaban J connectivity index is 1.61. The fourth-order valence-corrected chi connectivity index (χ4v) is 4.51. The average molecular weight is 281 g/mol. The Labute approximate surface area is 123 Å². The van der Waals surface area contributed by atoms with E-state index in [1.165, 1.54) is 44.9 Å². The van der Waals surface area contributed by atoms with E-state index in [4.69, 9.17) is 4.74 Å². The molecule has 2 unspecified atom stereocenters. The molecule has 116 valence electrons. The minimum absolute atomic E-state index is 0.204. The van der Waals surface area contributed by atoms with E-state index in [2.05, 4.69) is 4.90 Å². The van der Waals surface area contributed by atoms with Crippen LogP contribution < -0.4 is 0 Å². The van der Waals surface area contributed by atoms with E-state index in [1.807, 2.05) is 6.92 Å². The number of likely N-dealkylation sites (tertiary alicyclic amines) is 1. The van der Waals surface area contributed by atoms with Crippen molar-refractivity contribution in [2.45, 2.75) is 88.4 Å². The summed E-state index contributed by atoms with van der Waals surface area (Å²) in [5.74, 6) is 0. The molecule has 0 bridgehead atoms. The van der Waals surface area contributed by atoms with E-state index >= 15 is 0 Å². The predicted octanol–water partition coefficient (Wildman–Crippen LogP) is 3.11. The maximum Gasteiger partial charge on any atom is 0.0697 e. The smallest absolute Gasteiger partial charge is 0.0697 e. The Morgan fingerprint density at radius 2 is 1.80 bits per heavy atom. The summed E-state index contributed by atoms with van der Waals surface area (Å²) in [5, 5.41) is 10.3. The van der Waals surface area contributed by atoms with Crippen molar-refractivity contribution in [1.82, 2.24) is 4.90 Å². The Morgan fingerprint density at radius 3 is 2.60 bits per heavy atom. The largest absolute Gasteiger partial charge is 0.390 e. The summed E-state index contributed by atoms with van der Waals surface area (Å²) < 4.78 is 6.22. The zero-order chi connectivity index (χ0) is 14.1. The Kier molecular flexibility index (Phi) is 4.40. The lowest BCUT2D eigenvalue weighted by molar-refractivity contribution is -0.124. The van der Waals surface area contributed by atoms with Gasteiger partial charge >= 0.3 is 0 Å². The third kappa shape index (κ3) is 3.37. The summed E-state index contributed by atoms with van der Waals surface area (Å²) in [6.45, 7) is 5.17. The van der Waals surface area contributed by atoms with Crippen LogP contribution in [0, 0.1) is 0 Å². The number of nitrogens with zero attached hydrogens (tertiary/aromatic N) is 1. The van der Waals surface area contributed by atoms with Gasteiger partial charge in [-0.25, -0.2) is 0 Å². The lowest BCUT2D eigenvalue weighted by Crippen LogP contribution is -2.50. The molecule has 20 heavy (non-hydrogen) atoms. The van der Waals surface area contributed by atoms with Crippen molar-refractivity contribution in [2.75, 3.05) is 19.7 Å². The second-order valence-corrected chi connectivity index (χ2v) is 7.63. The van der Waals surface area contributed by atoms with Gasteiger partial charge in [0.05, 0.1) is 11.2 Å². The maximum atomic E-state index is 10.3. The number of aliphatic hydroxyl groups is 1. The Hall–Kier alpha value is -0.120. The highest BCUT2D eigenvalue weighted by Crippen LogP contribution is 2.40. The molecule has 2 aliphatic heterocycles. The van der Waals surface area contributed by atoms with Crippen molar-refractivity contribution in [1.29, 1.82) is 0 Å².